The minimum Gasteiger partial charge on any atom is -0.334 e. The highest BCUT2D eigenvalue weighted by Gasteiger charge is 2.28. The molecule has 1 amide bonds. The predicted molar refractivity (Wildman–Crippen MR) is 109 cm³/mol. The second-order valence-corrected chi connectivity index (χ2v) is 6.87. The molecule has 5 heteroatoms. The van der Waals surface area contributed by atoms with E-state index in [1.54, 1.807) is 16.7 Å². The number of benzene rings is 2. The maximum atomic E-state index is 13.4. The van der Waals surface area contributed by atoms with E-state index in [2.05, 4.69) is 5.32 Å². The number of carbonyl (C=O) groups is 2. The summed E-state index contributed by atoms with van der Waals surface area (Å²) in [4.78, 5) is 25.2. The third-order valence-corrected chi connectivity index (χ3v) is 4.73. The summed E-state index contributed by atoms with van der Waals surface area (Å²) in [5, 5.41) is 2.92. The average molecular weight is 378 g/mol. The average Bonchev–Trinajstić information content (AvgIpc) is 3.04. The number of aromatic nitrogens is 1. The van der Waals surface area contributed by atoms with E-state index in [4.69, 9.17) is 0 Å². The number of carbonyl (C=O) groups excluding carboxylic acids is 2. The molecular weight excluding hydrogens is 355 g/mol. The van der Waals surface area contributed by atoms with Crippen molar-refractivity contribution in [1.29, 1.82) is 0 Å². The van der Waals surface area contributed by atoms with Crippen LogP contribution < -0.4 is 5.32 Å². The molecule has 0 bridgehead atoms. The summed E-state index contributed by atoms with van der Waals surface area (Å²) in [5.41, 5.74) is 3.75. The molecule has 1 N–H and O–H groups in total. The van der Waals surface area contributed by atoms with E-state index in [9.17, 15) is 14.0 Å². The lowest BCUT2D eigenvalue weighted by Crippen LogP contribution is -2.19. The Morgan fingerprint density at radius 3 is 2.29 bits per heavy atom. The third kappa shape index (κ3) is 3.60. The largest absolute Gasteiger partial charge is 0.334 e. The summed E-state index contributed by atoms with van der Waals surface area (Å²) in [6.45, 7) is 6.32. The van der Waals surface area contributed by atoms with Crippen molar-refractivity contribution < 1.29 is 14.0 Å². The number of rotatable bonds is 6. The van der Waals surface area contributed by atoms with Crippen LogP contribution in [0, 0.1) is 5.82 Å². The van der Waals surface area contributed by atoms with E-state index in [0.29, 0.717) is 34.7 Å². The molecule has 0 aliphatic heterocycles. The summed E-state index contributed by atoms with van der Waals surface area (Å²) in [7, 11) is 0. The molecule has 0 radical (unpaired) electrons. The molecule has 0 unspecified atom stereocenters. The van der Waals surface area contributed by atoms with Gasteiger partial charge in [-0.25, -0.2) is 4.39 Å². The second kappa shape index (κ2) is 8.21. The molecule has 0 aliphatic carbocycles. The number of anilines is 1. The highest BCUT2D eigenvalue weighted by Crippen LogP contribution is 2.37. The fourth-order valence-corrected chi connectivity index (χ4v) is 3.55. The van der Waals surface area contributed by atoms with Gasteiger partial charge in [0.25, 0.3) is 5.91 Å². The van der Waals surface area contributed by atoms with Crippen molar-refractivity contribution in [2.45, 2.75) is 33.2 Å². The van der Waals surface area contributed by atoms with Crippen molar-refractivity contribution in [2.75, 3.05) is 5.32 Å². The van der Waals surface area contributed by atoms with Crippen LogP contribution in [0.15, 0.2) is 54.6 Å². The molecule has 0 fully saturated rings. The van der Waals surface area contributed by atoms with E-state index in [-0.39, 0.29) is 17.6 Å². The van der Waals surface area contributed by atoms with Gasteiger partial charge in [0.2, 0.25) is 0 Å². The molecule has 0 aliphatic rings. The van der Waals surface area contributed by atoms with E-state index >= 15 is 0 Å². The molecule has 3 aromatic rings. The zero-order chi connectivity index (χ0) is 20.3. The lowest BCUT2D eigenvalue weighted by atomic mass is 9.92. The molecule has 4 nitrogen and oxygen atoms in total. The van der Waals surface area contributed by atoms with Gasteiger partial charge in [-0.1, -0.05) is 44.2 Å². The van der Waals surface area contributed by atoms with Gasteiger partial charge in [0, 0.05) is 17.8 Å². The van der Waals surface area contributed by atoms with Gasteiger partial charge in [-0.05, 0) is 48.2 Å². The summed E-state index contributed by atoms with van der Waals surface area (Å²) < 4.78 is 15.2. The smallest absolute Gasteiger partial charge is 0.272 e. The number of nitrogens with one attached hydrogen (secondary N) is 1. The lowest BCUT2D eigenvalue weighted by molar-refractivity contribution is 0.101. The normalized spacial score (nSPS) is 10.9. The van der Waals surface area contributed by atoms with Gasteiger partial charge in [-0.2, -0.15) is 0 Å². The molecule has 0 saturated carbocycles. The zero-order valence-corrected chi connectivity index (χ0v) is 16.2. The molecule has 0 atom stereocenters. The van der Waals surface area contributed by atoms with Gasteiger partial charge >= 0.3 is 0 Å². The maximum Gasteiger partial charge on any atom is 0.272 e. The van der Waals surface area contributed by atoms with Gasteiger partial charge in [0.05, 0.1) is 5.69 Å². The third-order valence-electron chi connectivity index (χ3n) is 4.73. The standard InChI is InChI=1S/C23H23FN2O2/c1-4-26-19(14-27)21(16-10-12-17(24)13-11-16)20(15(2)3)22(26)23(28)25-18-8-6-5-7-9-18/h5-15H,4H2,1-3H3,(H,25,28). The maximum absolute atomic E-state index is 13.4. The van der Waals surface area contributed by atoms with E-state index in [1.165, 1.54) is 12.1 Å². The van der Waals surface area contributed by atoms with Crippen molar-refractivity contribution in [2.24, 2.45) is 0 Å². The Balaban J connectivity index is 2.22. The number of amides is 1. The topological polar surface area (TPSA) is 51.1 Å². The first-order chi connectivity index (χ1) is 13.5. The molecule has 3 rings (SSSR count). The number of hydrogen-bond donors (Lipinski definition) is 1. The summed E-state index contributed by atoms with van der Waals surface area (Å²) in [6, 6.07) is 15.2. The number of para-hydroxylation sites is 1. The van der Waals surface area contributed by atoms with Crippen molar-refractivity contribution >= 4 is 17.9 Å². The van der Waals surface area contributed by atoms with Crippen molar-refractivity contribution in [1.82, 2.24) is 4.57 Å². The molecule has 144 valence electrons. The fourth-order valence-electron chi connectivity index (χ4n) is 3.55. The van der Waals surface area contributed by atoms with Crippen LogP contribution in [0.5, 0.6) is 0 Å². The number of nitrogens with zero attached hydrogens (tertiary/aromatic N) is 1. The van der Waals surface area contributed by atoms with Crippen LogP contribution in [0.2, 0.25) is 0 Å². The van der Waals surface area contributed by atoms with Gasteiger partial charge in [0.1, 0.15) is 11.5 Å². The number of halogens is 1. The minimum atomic E-state index is -0.348. The Morgan fingerprint density at radius 2 is 1.75 bits per heavy atom. The Hall–Kier alpha value is -3.21. The highest BCUT2D eigenvalue weighted by molar-refractivity contribution is 6.07. The first-order valence-electron chi connectivity index (χ1n) is 9.31. The van der Waals surface area contributed by atoms with Crippen LogP contribution in [-0.4, -0.2) is 16.8 Å². The Morgan fingerprint density at radius 1 is 1.11 bits per heavy atom. The van der Waals surface area contributed by atoms with Gasteiger partial charge in [-0.15, -0.1) is 0 Å². The van der Waals surface area contributed by atoms with Gasteiger partial charge < -0.3 is 9.88 Å². The zero-order valence-electron chi connectivity index (χ0n) is 16.2. The Labute approximate surface area is 164 Å². The Kier molecular flexibility index (Phi) is 5.73. The van der Waals surface area contributed by atoms with Crippen LogP contribution in [0.25, 0.3) is 11.1 Å². The van der Waals surface area contributed by atoms with E-state index in [1.807, 2.05) is 51.1 Å². The summed E-state index contributed by atoms with van der Waals surface area (Å²) in [6.07, 6.45) is 0.771. The SMILES string of the molecule is CCn1c(C=O)c(-c2ccc(F)cc2)c(C(C)C)c1C(=O)Nc1ccccc1. The fraction of sp³-hybridized carbons (Fsp3) is 0.217. The van der Waals surface area contributed by atoms with Crippen molar-refractivity contribution in [3.05, 3.63) is 77.4 Å². The molecule has 0 saturated heterocycles. The number of aldehydes is 1. The molecule has 1 aromatic heterocycles. The molecule has 2 aromatic carbocycles. The predicted octanol–water partition coefficient (Wildman–Crippen LogP) is 5.50. The highest BCUT2D eigenvalue weighted by atomic mass is 19.1. The first-order valence-corrected chi connectivity index (χ1v) is 9.31. The molecule has 0 spiro atoms. The van der Waals surface area contributed by atoms with Crippen LogP contribution >= 0.6 is 0 Å². The van der Waals surface area contributed by atoms with Crippen LogP contribution in [0.4, 0.5) is 10.1 Å². The number of hydrogen-bond acceptors (Lipinski definition) is 2. The van der Waals surface area contributed by atoms with Crippen molar-refractivity contribution in [3.63, 3.8) is 0 Å². The Bertz CT molecular complexity index is 990. The monoisotopic (exact) mass is 378 g/mol. The summed E-state index contributed by atoms with van der Waals surface area (Å²) in [5.74, 6) is -0.629. The van der Waals surface area contributed by atoms with Crippen molar-refractivity contribution in [3.8, 4) is 11.1 Å². The van der Waals surface area contributed by atoms with E-state index < -0.39 is 0 Å². The van der Waals surface area contributed by atoms with E-state index in [0.717, 1.165) is 11.8 Å². The minimum absolute atomic E-state index is 0.0110. The van der Waals surface area contributed by atoms with Gasteiger partial charge in [0.15, 0.2) is 6.29 Å². The first kappa shape index (κ1) is 19.5. The molecule has 28 heavy (non-hydrogen) atoms. The quantitative estimate of drug-likeness (QED) is 0.576. The second-order valence-electron chi connectivity index (χ2n) is 6.87. The summed E-state index contributed by atoms with van der Waals surface area (Å²) >= 11 is 0. The van der Waals surface area contributed by atoms with Crippen LogP contribution in [0.1, 0.15) is 53.2 Å². The molecule has 1 heterocycles. The van der Waals surface area contributed by atoms with Crippen LogP contribution in [0.3, 0.4) is 0 Å². The van der Waals surface area contributed by atoms with Crippen LogP contribution in [-0.2, 0) is 6.54 Å². The lowest BCUT2D eigenvalue weighted by Gasteiger charge is -2.13. The molecular formula is C23H23FN2O2. The van der Waals surface area contributed by atoms with Gasteiger partial charge in [-0.3, -0.25) is 9.59 Å².